The number of aromatic amines is 1. The van der Waals surface area contributed by atoms with Crippen molar-refractivity contribution in [1.29, 1.82) is 0 Å². The molecule has 3 aromatic rings. The monoisotopic (exact) mass is 544 g/mol. The molecule has 1 unspecified atom stereocenters. The van der Waals surface area contributed by atoms with E-state index in [4.69, 9.17) is 11.6 Å². The van der Waals surface area contributed by atoms with Gasteiger partial charge in [-0.05, 0) is 44.2 Å². The number of carbonyl (C=O) groups is 3. The number of piperidine rings is 1. The number of thiazole rings is 1. The highest BCUT2D eigenvalue weighted by molar-refractivity contribution is 7.13. The van der Waals surface area contributed by atoms with Gasteiger partial charge in [0, 0.05) is 46.9 Å². The molecule has 3 amide bonds. The van der Waals surface area contributed by atoms with Crippen LogP contribution in [-0.2, 0) is 13.0 Å². The van der Waals surface area contributed by atoms with Crippen molar-refractivity contribution in [2.75, 3.05) is 20.1 Å². The highest BCUT2D eigenvalue weighted by Crippen LogP contribution is 2.27. The molecule has 4 heterocycles. The Labute approximate surface area is 223 Å². The van der Waals surface area contributed by atoms with E-state index >= 15 is 0 Å². The van der Waals surface area contributed by atoms with Crippen LogP contribution in [0.15, 0.2) is 24.3 Å². The third kappa shape index (κ3) is 5.16. The van der Waals surface area contributed by atoms with Crippen LogP contribution in [0.1, 0.15) is 50.6 Å². The van der Waals surface area contributed by atoms with Crippen LogP contribution >= 0.6 is 22.9 Å². The van der Waals surface area contributed by atoms with Gasteiger partial charge in [-0.1, -0.05) is 18.5 Å². The summed E-state index contributed by atoms with van der Waals surface area (Å²) >= 11 is 7.47. The van der Waals surface area contributed by atoms with E-state index in [2.05, 4.69) is 25.5 Å². The molecule has 4 N–H and O–H groups in total. The second-order valence-corrected chi connectivity index (χ2v) is 11.1. The first-order valence-corrected chi connectivity index (χ1v) is 13.5. The number of likely N-dealkylation sites (tertiary alicyclic amines) is 1. The van der Waals surface area contributed by atoms with Gasteiger partial charge in [-0.2, -0.15) is 0 Å². The summed E-state index contributed by atoms with van der Waals surface area (Å²) in [5.41, 5.74) is 2.06. The van der Waals surface area contributed by atoms with Gasteiger partial charge in [0.2, 0.25) is 0 Å². The van der Waals surface area contributed by atoms with Gasteiger partial charge in [0.1, 0.15) is 5.69 Å². The summed E-state index contributed by atoms with van der Waals surface area (Å²) in [6, 6.07) is 5.42. The zero-order chi connectivity index (χ0) is 26.3. The number of nitrogens with zero attached hydrogens (tertiary/aromatic N) is 3. The Morgan fingerprint density at radius 1 is 1.22 bits per heavy atom. The smallest absolute Gasteiger partial charge is 0.407 e. The lowest BCUT2D eigenvalue weighted by Gasteiger charge is -2.44. The van der Waals surface area contributed by atoms with Crippen molar-refractivity contribution in [1.82, 2.24) is 30.4 Å². The quantitative estimate of drug-likeness (QED) is 0.390. The molecule has 2 aliphatic heterocycles. The van der Waals surface area contributed by atoms with Gasteiger partial charge in [0.25, 0.3) is 11.8 Å². The zero-order valence-electron chi connectivity index (χ0n) is 20.6. The molecule has 0 saturated carbocycles. The molecule has 12 heteroatoms. The molecule has 196 valence electrons. The van der Waals surface area contributed by atoms with Crippen molar-refractivity contribution >= 4 is 51.7 Å². The van der Waals surface area contributed by atoms with Crippen LogP contribution in [-0.4, -0.2) is 81.0 Å². The van der Waals surface area contributed by atoms with Gasteiger partial charge in [-0.25, -0.2) is 9.78 Å². The van der Waals surface area contributed by atoms with E-state index in [0.29, 0.717) is 28.6 Å². The molecule has 1 aromatic carbocycles. The van der Waals surface area contributed by atoms with Crippen molar-refractivity contribution in [2.24, 2.45) is 0 Å². The number of H-pyrrole nitrogens is 1. The highest BCUT2D eigenvalue weighted by Gasteiger charge is 2.41. The van der Waals surface area contributed by atoms with Gasteiger partial charge >= 0.3 is 6.09 Å². The number of hydrogen-bond donors (Lipinski definition) is 4. The average Bonchev–Trinajstić information content (AvgIpc) is 3.48. The second kappa shape index (κ2) is 10.3. The Morgan fingerprint density at radius 2 is 2.03 bits per heavy atom. The summed E-state index contributed by atoms with van der Waals surface area (Å²) in [4.78, 5) is 50.8. The van der Waals surface area contributed by atoms with Crippen molar-refractivity contribution in [3.8, 4) is 0 Å². The van der Waals surface area contributed by atoms with E-state index in [-0.39, 0.29) is 18.4 Å². The van der Waals surface area contributed by atoms with Crippen LogP contribution in [0, 0.1) is 0 Å². The average molecular weight is 545 g/mol. The maximum atomic E-state index is 13.3. The lowest BCUT2D eigenvalue weighted by atomic mass is 9.89. The number of halogens is 1. The molecular weight excluding hydrogens is 516 g/mol. The molecule has 2 aliphatic rings. The van der Waals surface area contributed by atoms with E-state index < -0.39 is 24.2 Å². The van der Waals surface area contributed by atoms with Crippen LogP contribution < -0.4 is 10.6 Å². The number of carboxylic acid groups (broad SMARTS) is 1. The third-order valence-corrected chi connectivity index (χ3v) is 8.47. The number of fused-ring (bicyclic) bond motifs is 2. The number of likely N-dealkylation sites (N-methyl/N-ethyl adjacent to an activating group) is 1. The summed E-state index contributed by atoms with van der Waals surface area (Å²) in [6.07, 6.45) is 0.603. The first kappa shape index (κ1) is 25.5. The topological polar surface area (TPSA) is 131 Å². The molecule has 0 bridgehead atoms. The van der Waals surface area contributed by atoms with Crippen molar-refractivity contribution in [2.45, 2.75) is 50.9 Å². The molecular formula is C25H29ClN6O4S. The van der Waals surface area contributed by atoms with Gasteiger partial charge in [-0.3, -0.25) is 9.59 Å². The molecule has 1 fully saturated rings. The number of hydrogen-bond acceptors (Lipinski definition) is 6. The molecule has 10 nitrogen and oxygen atoms in total. The fourth-order valence-corrected chi connectivity index (χ4v) is 6.53. The molecule has 0 spiro atoms. The van der Waals surface area contributed by atoms with Crippen molar-refractivity contribution < 1.29 is 19.5 Å². The van der Waals surface area contributed by atoms with Crippen LogP contribution in [0.25, 0.3) is 10.9 Å². The van der Waals surface area contributed by atoms with Crippen LogP contribution in [0.5, 0.6) is 0 Å². The van der Waals surface area contributed by atoms with Gasteiger partial charge in [-0.15, -0.1) is 11.3 Å². The Hall–Kier alpha value is -3.15. The second-order valence-electron chi connectivity index (χ2n) is 9.61. The molecule has 0 radical (unpaired) electrons. The van der Waals surface area contributed by atoms with E-state index in [9.17, 15) is 19.5 Å². The predicted molar refractivity (Wildman–Crippen MR) is 141 cm³/mol. The largest absolute Gasteiger partial charge is 0.465 e. The number of amides is 3. The third-order valence-electron chi connectivity index (χ3n) is 7.15. The number of carbonyl (C=O) groups excluding carboxylic acids is 2. The number of rotatable bonds is 5. The Morgan fingerprint density at radius 3 is 2.78 bits per heavy atom. The summed E-state index contributed by atoms with van der Waals surface area (Å²) < 4.78 is 0. The van der Waals surface area contributed by atoms with Crippen LogP contribution in [0.3, 0.4) is 0 Å². The fourth-order valence-electron chi connectivity index (χ4n) is 5.26. The zero-order valence-corrected chi connectivity index (χ0v) is 22.2. The Balaban J connectivity index is 1.38. The van der Waals surface area contributed by atoms with E-state index in [0.717, 1.165) is 41.0 Å². The fraction of sp³-hybridized carbons (Fsp3) is 0.440. The minimum absolute atomic E-state index is 0.259. The minimum atomic E-state index is -1.05. The first-order chi connectivity index (χ1) is 17.7. The van der Waals surface area contributed by atoms with Crippen molar-refractivity contribution in [3.05, 3.63) is 50.6 Å². The lowest BCUT2D eigenvalue weighted by molar-refractivity contribution is 0.0604. The molecule has 37 heavy (non-hydrogen) atoms. The summed E-state index contributed by atoms with van der Waals surface area (Å²) in [6.45, 7) is 3.80. The molecule has 3 atom stereocenters. The predicted octanol–water partition coefficient (Wildman–Crippen LogP) is 3.33. The number of benzene rings is 1. The summed E-state index contributed by atoms with van der Waals surface area (Å²) in [5, 5.41) is 17.6. The molecule has 1 saturated heterocycles. The Kier molecular flexibility index (Phi) is 7.11. The maximum Gasteiger partial charge on any atom is 0.407 e. The molecule has 2 aromatic heterocycles. The SMILES string of the molecule is CCC1[C@H](NC(=O)c2cc3cc(Cl)ccc3[nH]2)[C@@H](NC(=O)c2nc3c(s2)CN(C)CC3)CCN1C(=O)O. The van der Waals surface area contributed by atoms with Crippen LogP contribution in [0.2, 0.25) is 5.02 Å². The first-order valence-electron chi connectivity index (χ1n) is 12.3. The van der Waals surface area contributed by atoms with E-state index in [1.807, 2.05) is 14.0 Å². The molecule has 0 aliphatic carbocycles. The normalized spacial score (nSPS) is 22.0. The van der Waals surface area contributed by atoms with Crippen molar-refractivity contribution in [3.63, 3.8) is 0 Å². The Bertz CT molecular complexity index is 1360. The number of aromatic nitrogens is 2. The van der Waals surface area contributed by atoms with Gasteiger partial charge in [0.15, 0.2) is 5.01 Å². The highest BCUT2D eigenvalue weighted by atomic mass is 35.5. The van der Waals surface area contributed by atoms with Gasteiger partial charge in [0.05, 0.1) is 23.8 Å². The summed E-state index contributed by atoms with van der Waals surface area (Å²) in [7, 11) is 2.04. The lowest BCUT2D eigenvalue weighted by Crippen LogP contribution is -2.66. The summed E-state index contributed by atoms with van der Waals surface area (Å²) in [5.74, 6) is -0.680. The maximum absolute atomic E-state index is 13.3. The van der Waals surface area contributed by atoms with E-state index in [1.54, 1.807) is 24.3 Å². The minimum Gasteiger partial charge on any atom is -0.465 e. The standard InChI is InChI=1S/C25H29ClN6O4S/c1-3-19-21(30-22(33)18-11-13-10-14(26)4-5-15(13)27-18)17(7-9-32(19)25(35)36)28-23(34)24-29-16-6-8-31(2)12-20(16)37-24/h4-5,10-11,17,19,21,27H,3,6-9,12H2,1-2H3,(H,28,34)(H,30,33)(H,35,36)/t17-,19?,21+/m0/s1. The van der Waals surface area contributed by atoms with E-state index in [1.165, 1.54) is 16.2 Å². The molecule has 5 rings (SSSR count). The number of nitrogens with one attached hydrogen (secondary N) is 3. The van der Waals surface area contributed by atoms with Gasteiger partial charge < -0.3 is 30.5 Å². The van der Waals surface area contributed by atoms with Crippen LogP contribution in [0.4, 0.5) is 4.79 Å².